The van der Waals surface area contributed by atoms with Crippen molar-refractivity contribution in [2.45, 2.75) is 6.54 Å². The number of urea groups is 1. The Morgan fingerprint density at radius 1 is 1.12 bits per heavy atom. The molecule has 0 aliphatic carbocycles. The number of nitrogens with zero attached hydrogens (tertiary/aromatic N) is 1. The van der Waals surface area contributed by atoms with Crippen LogP contribution in [-0.2, 0) is 11.3 Å². The summed E-state index contributed by atoms with van der Waals surface area (Å²) >= 11 is 6.15. The summed E-state index contributed by atoms with van der Waals surface area (Å²) < 4.78 is 15.9. The van der Waals surface area contributed by atoms with Crippen molar-refractivity contribution in [2.75, 3.05) is 39.8 Å². The molecule has 0 unspecified atom stereocenters. The number of rotatable bonds is 8. The van der Waals surface area contributed by atoms with Crippen molar-refractivity contribution in [1.82, 2.24) is 4.90 Å². The maximum atomic E-state index is 12.4. The molecule has 2 rings (SSSR count). The molecule has 6 nitrogen and oxygen atoms in total. The molecular formula is C19H23ClN2O4. The van der Waals surface area contributed by atoms with Gasteiger partial charge in [0.15, 0.2) is 11.5 Å². The van der Waals surface area contributed by atoms with Gasteiger partial charge in [0, 0.05) is 37.5 Å². The van der Waals surface area contributed by atoms with Crippen LogP contribution in [0.2, 0.25) is 5.02 Å². The van der Waals surface area contributed by atoms with Gasteiger partial charge in [0.1, 0.15) is 6.61 Å². The molecule has 1 N–H and O–H groups in total. The van der Waals surface area contributed by atoms with Gasteiger partial charge in [0.05, 0.1) is 13.7 Å². The third-order valence-electron chi connectivity index (χ3n) is 3.67. The lowest BCUT2D eigenvalue weighted by Crippen LogP contribution is -2.30. The predicted octanol–water partition coefficient (Wildman–Crippen LogP) is 4.04. The quantitative estimate of drug-likeness (QED) is 0.704. The molecule has 0 atom stereocenters. The maximum Gasteiger partial charge on any atom is 0.321 e. The molecule has 0 aliphatic rings. The van der Waals surface area contributed by atoms with Gasteiger partial charge in [-0.05, 0) is 23.8 Å². The van der Waals surface area contributed by atoms with E-state index in [1.165, 1.54) is 0 Å². The normalized spacial score (nSPS) is 10.3. The summed E-state index contributed by atoms with van der Waals surface area (Å²) in [6.45, 7) is 1.25. The van der Waals surface area contributed by atoms with E-state index in [1.54, 1.807) is 50.4 Å². The highest BCUT2D eigenvalue weighted by Gasteiger charge is 2.13. The average Bonchev–Trinajstić information content (AvgIpc) is 2.64. The highest BCUT2D eigenvalue weighted by molar-refractivity contribution is 6.31. The minimum Gasteiger partial charge on any atom is -0.493 e. The van der Waals surface area contributed by atoms with Gasteiger partial charge in [-0.2, -0.15) is 0 Å². The number of amides is 2. The fourth-order valence-electron chi connectivity index (χ4n) is 2.28. The first-order chi connectivity index (χ1) is 12.5. The van der Waals surface area contributed by atoms with E-state index in [-0.39, 0.29) is 6.03 Å². The molecule has 2 amide bonds. The third-order valence-corrected chi connectivity index (χ3v) is 4.04. The number of carbonyl (C=O) groups excluding carboxylic acids is 1. The van der Waals surface area contributed by atoms with Gasteiger partial charge in [-0.3, -0.25) is 0 Å². The van der Waals surface area contributed by atoms with Crippen LogP contribution in [0.4, 0.5) is 10.5 Å². The predicted molar refractivity (Wildman–Crippen MR) is 102 cm³/mol. The van der Waals surface area contributed by atoms with Crippen LogP contribution in [0.1, 0.15) is 5.56 Å². The number of carbonyl (C=O) groups is 1. The number of benzene rings is 2. The molecule has 26 heavy (non-hydrogen) atoms. The lowest BCUT2D eigenvalue weighted by molar-refractivity contribution is 0.144. The summed E-state index contributed by atoms with van der Waals surface area (Å²) in [4.78, 5) is 14.0. The van der Waals surface area contributed by atoms with E-state index in [2.05, 4.69) is 5.32 Å². The molecule has 0 saturated carbocycles. The fraction of sp³-hybridized carbons (Fsp3) is 0.316. The molecule has 0 aromatic heterocycles. The Kier molecular flexibility index (Phi) is 7.56. The second-order valence-corrected chi connectivity index (χ2v) is 5.99. The van der Waals surface area contributed by atoms with E-state index >= 15 is 0 Å². The second-order valence-electron chi connectivity index (χ2n) is 5.58. The molecule has 0 saturated heterocycles. The van der Waals surface area contributed by atoms with Crippen LogP contribution in [0.15, 0.2) is 42.5 Å². The fourth-order valence-corrected chi connectivity index (χ4v) is 2.47. The molecule has 0 heterocycles. The van der Waals surface area contributed by atoms with E-state index in [0.717, 1.165) is 5.56 Å². The summed E-state index contributed by atoms with van der Waals surface area (Å²) in [5.74, 6) is 1.12. The number of hydrogen-bond donors (Lipinski definition) is 1. The zero-order chi connectivity index (χ0) is 18.9. The molecular weight excluding hydrogens is 356 g/mol. The van der Waals surface area contributed by atoms with Gasteiger partial charge in [0.2, 0.25) is 0 Å². The SMILES string of the molecule is COCCOc1cc(NC(=O)N(C)Cc2ccccc2Cl)ccc1OC. The standard InChI is InChI=1S/C19H23ClN2O4/c1-22(13-14-6-4-5-7-16(14)20)19(23)21-15-8-9-17(25-3)18(12-15)26-11-10-24-2/h4-9,12H,10-11,13H2,1-3H3,(H,21,23). The summed E-state index contributed by atoms with van der Waals surface area (Å²) in [6.07, 6.45) is 0. The van der Waals surface area contributed by atoms with Gasteiger partial charge in [0.25, 0.3) is 0 Å². The zero-order valence-electron chi connectivity index (χ0n) is 15.1. The molecule has 2 aromatic rings. The van der Waals surface area contributed by atoms with E-state index in [9.17, 15) is 4.79 Å². The highest BCUT2D eigenvalue weighted by Crippen LogP contribution is 2.30. The highest BCUT2D eigenvalue weighted by atomic mass is 35.5. The molecule has 0 fully saturated rings. The number of nitrogens with one attached hydrogen (secondary N) is 1. The Morgan fingerprint density at radius 3 is 2.58 bits per heavy atom. The molecule has 0 radical (unpaired) electrons. The summed E-state index contributed by atoms with van der Waals surface area (Å²) in [7, 11) is 4.87. The number of methoxy groups -OCH3 is 2. The smallest absolute Gasteiger partial charge is 0.321 e. The summed E-state index contributed by atoms with van der Waals surface area (Å²) in [5.41, 5.74) is 1.49. The first-order valence-corrected chi connectivity index (χ1v) is 8.48. The number of halogens is 1. The van der Waals surface area contributed by atoms with Gasteiger partial charge in [-0.15, -0.1) is 0 Å². The average molecular weight is 379 g/mol. The first-order valence-electron chi connectivity index (χ1n) is 8.10. The van der Waals surface area contributed by atoms with Crippen molar-refractivity contribution < 1.29 is 19.0 Å². The lowest BCUT2D eigenvalue weighted by Gasteiger charge is -2.19. The minimum atomic E-state index is -0.252. The zero-order valence-corrected chi connectivity index (χ0v) is 15.9. The van der Waals surface area contributed by atoms with E-state index < -0.39 is 0 Å². The number of hydrogen-bond acceptors (Lipinski definition) is 4. The Hall–Kier alpha value is -2.44. The lowest BCUT2D eigenvalue weighted by atomic mass is 10.2. The first kappa shape index (κ1) is 19.9. The summed E-state index contributed by atoms with van der Waals surface area (Å²) in [5, 5.41) is 3.47. The molecule has 0 bridgehead atoms. The van der Waals surface area contributed by atoms with Crippen molar-refractivity contribution in [3.8, 4) is 11.5 Å². The van der Waals surface area contributed by atoms with Gasteiger partial charge < -0.3 is 24.4 Å². The molecule has 7 heteroatoms. The summed E-state index contributed by atoms with van der Waals surface area (Å²) in [6, 6.07) is 12.4. The topological polar surface area (TPSA) is 60.0 Å². The molecule has 0 aliphatic heterocycles. The van der Waals surface area contributed by atoms with Crippen LogP contribution in [-0.4, -0.2) is 45.4 Å². The van der Waals surface area contributed by atoms with Crippen molar-refractivity contribution in [3.05, 3.63) is 53.1 Å². The van der Waals surface area contributed by atoms with Crippen LogP contribution in [0.5, 0.6) is 11.5 Å². The van der Waals surface area contributed by atoms with Gasteiger partial charge in [-0.25, -0.2) is 4.79 Å². The van der Waals surface area contributed by atoms with Crippen LogP contribution in [0.25, 0.3) is 0 Å². The largest absolute Gasteiger partial charge is 0.493 e. The molecule has 0 spiro atoms. The Balaban J connectivity index is 2.03. The van der Waals surface area contributed by atoms with Gasteiger partial charge in [-0.1, -0.05) is 29.8 Å². The van der Waals surface area contributed by atoms with Crippen molar-refractivity contribution in [3.63, 3.8) is 0 Å². The third kappa shape index (κ3) is 5.54. The number of ether oxygens (including phenoxy) is 3. The monoisotopic (exact) mass is 378 g/mol. The minimum absolute atomic E-state index is 0.252. The second kappa shape index (κ2) is 9.89. The Morgan fingerprint density at radius 2 is 1.88 bits per heavy atom. The van der Waals surface area contributed by atoms with Gasteiger partial charge >= 0.3 is 6.03 Å². The maximum absolute atomic E-state index is 12.4. The van der Waals surface area contributed by atoms with Crippen LogP contribution >= 0.6 is 11.6 Å². The van der Waals surface area contributed by atoms with Crippen LogP contribution in [0, 0.1) is 0 Å². The van der Waals surface area contributed by atoms with E-state index in [0.29, 0.717) is 42.0 Å². The van der Waals surface area contributed by atoms with Crippen LogP contribution in [0.3, 0.4) is 0 Å². The Labute approximate surface area is 158 Å². The number of anilines is 1. The molecule has 140 valence electrons. The van der Waals surface area contributed by atoms with Crippen molar-refractivity contribution in [2.24, 2.45) is 0 Å². The van der Waals surface area contributed by atoms with Crippen LogP contribution < -0.4 is 14.8 Å². The molecule has 2 aromatic carbocycles. The van der Waals surface area contributed by atoms with E-state index in [1.807, 2.05) is 18.2 Å². The van der Waals surface area contributed by atoms with Crippen molar-refractivity contribution >= 4 is 23.3 Å². The Bertz CT molecular complexity index is 739. The van der Waals surface area contributed by atoms with Crippen molar-refractivity contribution in [1.29, 1.82) is 0 Å². The van der Waals surface area contributed by atoms with E-state index in [4.69, 9.17) is 25.8 Å².